The highest BCUT2D eigenvalue weighted by molar-refractivity contribution is 7.13. The third-order valence-corrected chi connectivity index (χ3v) is 6.46. The SMILES string of the molecule is c1csc(-c2[nH]ncc2CN2CCCCCC2c2cccs2)c1. The van der Waals surface area contributed by atoms with Gasteiger partial charge in [-0.3, -0.25) is 10.00 Å². The van der Waals surface area contributed by atoms with E-state index in [0.29, 0.717) is 6.04 Å². The number of nitrogens with zero attached hydrogens (tertiary/aromatic N) is 2. The van der Waals surface area contributed by atoms with Crippen molar-refractivity contribution in [1.82, 2.24) is 15.1 Å². The maximum Gasteiger partial charge on any atom is 0.0794 e. The van der Waals surface area contributed by atoms with Crippen molar-refractivity contribution in [3.63, 3.8) is 0 Å². The summed E-state index contributed by atoms with van der Waals surface area (Å²) in [6.07, 6.45) is 7.26. The van der Waals surface area contributed by atoms with Gasteiger partial charge in [0.2, 0.25) is 0 Å². The number of nitrogens with one attached hydrogen (secondary N) is 1. The van der Waals surface area contributed by atoms with Gasteiger partial charge >= 0.3 is 0 Å². The minimum absolute atomic E-state index is 0.559. The zero-order valence-corrected chi connectivity index (χ0v) is 14.7. The van der Waals surface area contributed by atoms with E-state index in [0.717, 1.165) is 6.54 Å². The predicted molar refractivity (Wildman–Crippen MR) is 97.8 cm³/mol. The number of thiophene rings is 2. The fraction of sp³-hybridized carbons (Fsp3) is 0.389. The molecule has 1 aliphatic rings. The summed E-state index contributed by atoms with van der Waals surface area (Å²) < 4.78 is 0. The Morgan fingerprint density at radius 2 is 2.04 bits per heavy atom. The number of rotatable bonds is 4. The van der Waals surface area contributed by atoms with E-state index >= 15 is 0 Å². The Morgan fingerprint density at radius 1 is 1.13 bits per heavy atom. The van der Waals surface area contributed by atoms with Crippen molar-refractivity contribution in [1.29, 1.82) is 0 Å². The smallest absolute Gasteiger partial charge is 0.0794 e. The summed E-state index contributed by atoms with van der Waals surface area (Å²) in [6.45, 7) is 2.16. The Hall–Kier alpha value is -1.43. The van der Waals surface area contributed by atoms with E-state index in [1.54, 1.807) is 11.3 Å². The van der Waals surface area contributed by atoms with Crippen LogP contribution >= 0.6 is 22.7 Å². The van der Waals surface area contributed by atoms with E-state index in [1.165, 1.54) is 53.2 Å². The van der Waals surface area contributed by atoms with Gasteiger partial charge in [-0.1, -0.05) is 25.0 Å². The molecule has 1 N–H and O–H groups in total. The third-order valence-electron chi connectivity index (χ3n) is 4.59. The molecule has 0 spiro atoms. The van der Waals surface area contributed by atoms with Crippen LogP contribution in [0.3, 0.4) is 0 Å². The molecular weight excluding hydrogens is 322 g/mol. The monoisotopic (exact) mass is 343 g/mol. The standard InChI is InChI=1S/C18H21N3S2/c1-2-6-15(16-7-4-10-22-16)21(9-3-1)13-14-12-19-20-18(14)17-8-5-11-23-17/h4-5,7-8,10-12,15H,1-3,6,9,13H2,(H,19,20). The van der Waals surface area contributed by atoms with Gasteiger partial charge in [-0.25, -0.2) is 0 Å². The number of H-pyrrole nitrogens is 1. The van der Waals surface area contributed by atoms with E-state index < -0.39 is 0 Å². The second-order valence-electron chi connectivity index (χ2n) is 6.10. The van der Waals surface area contributed by atoms with Gasteiger partial charge in [-0.15, -0.1) is 22.7 Å². The lowest BCUT2D eigenvalue weighted by Gasteiger charge is -2.29. The van der Waals surface area contributed by atoms with Crippen LogP contribution in [0.4, 0.5) is 0 Å². The van der Waals surface area contributed by atoms with E-state index in [2.05, 4.69) is 50.1 Å². The van der Waals surface area contributed by atoms with Crippen LogP contribution < -0.4 is 0 Å². The molecule has 4 rings (SSSR count). The number of likely N-dealkylation sites (tertiary alicyclic amines) is 1. The van der Waals surface area contributed by atoms with E-state index in [9.17, 15) is 0 Å². The van der Waals surface area contributed by atoms with Crippen molar-refractivity contribution in [2.75, 3.05) is 6.54 Å². The Labute approximate surface area is 145 Å². The molecule has 3 aromatic heterocycles. The molecule has 23 heavy (non-hydrogen) atoms. The van der Waals surface area contributed by atoms with Gasteiger partial charge in [-0.2, -0.15) is 5.10 Å². The summed E-state index contributed by atoms with van der Waals surface area (Å²) in [5.41, 5.74) is 2.50. The number of aromatic amines is 1. The predicted octanol–water partition coefficient (Wildman–Crippen LogP) is 5.32. The Morgan fingerprint density at radius 3 is 2.87 bits per heavy atom. The summed E-state index contributed by atoms with van der Waals surface area (Å²) in [4.78, 5) is 5.44. The summed E-state index contributed by atoms with van der Waals surface area (Å²) in [7, 11) is 0. The third kappa shape index (κ3) is 3.27. The van der Waals surface area contributed by atoms with Crippen molar-refractivity contribution in [3.05, 3.63) is 51.7 Å². The molecule has 3 nitrogen and oxygen atoms in total. The lowest BCUT2D eigenvalue weighted by molar-refractivity contribution is 0.195. The first-order valence-corrected chi connectivity index (χ1v) is 10.0. The average Bonchev–Trinajstić information content (AvgIpc) is 3.29. The molecule has 4 heterocycles. The van der Waals surface area contributed by atoms with Crippen LogP contribution in [0, 0.1) is 0 Å². The van der Waals surface area contributed by atoms with E-state index in [-0.39, 0.29) is 0 Å². The van der Waals surface area contributed by atoms with E-state index in [4.69, 9.17) is 0 Å². The summed E-state index contributed by atoms with van der Waals surface area (Å²) in [5, 5.41) is 11.8. The first-order chi connectivity index (χ1) is 11.4. The molecular formula is C18H21N3S2. The Kier molecular flexibility index (Phi) is 4.60. The molecule has 0 amide bonds. The molecule has 0 saturated carbocycles. The molecule has 0 aromatic carbocycles. The van der Waals surface area contributed by atoms with Crippen molar-refractivity contribution >= 4 is 22.7 Å². The molecule has 1 atom stereocenters. The van der Waals surface area contributed by atoms with Crippen molar-refractivity contribution in [2.24, 2.45) is 0 Å². The van der Waals surface area contributed by atoms with Gasteiger partial charge in [0.05, 0.1) is 16.8 Å². The maximum absolute atomic E-state index is 4.31. The molecule has 0 aliphatic carbocycles. The molecule has 0 bridgehead atoms. The van der Waals surface area contributed by atoms with Crippen molar-refractivity contribution in [2.45, 2.75) is 38.3 Å². The second kappa shape index (κ2) is 6.99. The highest BCUT2D eigenvalue weighted by Crippen LogP contribution is 2.35. The molecule has 120 valence electrons. The average molecular weight is 344 g/mol. The van der Waals surface area contributed by atoms with Crippen LogP contribution in [-0.2, 0) is 6.54 Å². The largest absolute Gasteiger partial charge is 0.291 e. The lowest BCUT2D eigenvalue weighted by atomic mass is 10.1. The molecule has 1 unspecified atom stereocenters. The van der Waals surface area contributed by atoms with Crippen LogP contribution in [0.1, 0.15) is 42.2 Å². The lowest BCUT2D eigenvalue weighted by Crippen LogP contribution is -2.27. The van der Waals surface area contributed by atoms with Gasteiger partial charge in [0.15, 0.2) is 0 Å². The zero-order valence-electron chi connectivity index (χ0n) is 13.1. The summed E-state index contributed by atoms with van der Waals surface area (Å²) in [6, 6.07) is 9.30. The van der Waals surface area contributed by atoms with Gasteiger partial charge < -0.3 is 0 Å². The van der Waals surface area contributed by atoms with Crippen LogP contribution in [0.15, 0.2) is 41.2 Å². The minimum atomic E-state index is 0.559. The molecule has 3 aromatic rings. The minimum Gasteiger partial charge on any atom is -0.291 e. The highest BCUT2D eigenvalue weighted by Gasteiger charge is 2.24. The Balaban J connectivity index is 1.60. The van der Waals surface area contributed by atoms with Crippen LogP contribution in [-0.4, -0.2) is 21.6 Å². The van der Waals surface area contributed by atoms with Crippen LogP contribution in [0.25, 0.3) is 10.6 Å². The number of hydrogen-bond donors (Lipinski definition) is 1. The number of aromatic nitrogens is 2. The normalized spacial score (nSPS) is 19.7. The fourth-order valence-electron chi connectivity index (χ4n) is 3.44. The van der Waals surface area contributed by atoms with Gasteiger partial charge in [0.25, 0.3) is 0 Å². The first-order valence-electron chi connectivity index (χ1n) is 8.25. The van der Waals surface area contributed by atoms with Crippen LogP contribution in [0.2, 0.25) is 0 Å². The maximum atomic E-state index is 4.31. The quantitative estimate of drug-likeness (QED) is 0.695. The molecule has 1 fully saturated rings. The molecule has 0 radical (unpaired) electrons. The summed E-state index contributed by atoms with van der Waals surface area (Å²) in [5.74, 6) is 0. The van der Waals surface area contributed by atoms with Gasteiger partial charge in [-0.05, 0) is 42.3 Å². The molecule has 1 saturated heterocycles. The second-order valence-corrected chi connectivity index (χ2v) is 8.03. The topological polar surface area (TPSA) is 31.9 Å². The van der Waals surface area contributed by atoms with Gasteiger partial charge in [0.1, 0.15) is 0 Å². The van der Waals surface area contributed by atoms with Crippen LogP contribution in [0.5, 0.6) is 0 Å². The van der Waals surface area contributed by atoms with Crippen molar-refractivity contribution < 1.29 is 0 Å². The van der Waals surface area contributed by atoms with E-state index in [1.807, 2.05) is 17.5 Å². The molecule has 1 aliphatic heterocycles. The zero-order chi connectivity index (χ0) is 15.5. The first kappa shape index (κ1) is 15.1. The highest BCUT2D eigenvalue weighted by atomic mass is 32.1. The number of hydrogen-bond acceptors (Lipinski definition) is 4. The van der Waals surface area contributed by atoms with Crippen molar-refractivity contribution in [3.8, 4) is 10.6 Å². The van der Waals surface area contributed by atoms with Gasteiger partial charge in [0, 0.05) is 23.0 Å². The fourth-order valence-corrected chi connectivity index (χ4v) is 5.09. The Bertz CT molecular complexity index is 715. The summed E-state index contributed by atoms with van der Waals surface area (Å²) >= 11 is 3.67. The molecule has 5 heteroatoms.